The first-order valence-corrected chi connectivity index (χ1v) is 7.34. The third-order valence-corrected chi connectivity index (χ3v) is 4.02. The minimum Gasteiger partial charge on any atom is -0.496 e. The Hall–Kier alpha value is -2.66. The lowest BCUT2D eigenvalue weighted by Gasteiger charge is -2.07. The molecule has 0 saturated heterocycles. The van der Waals surface area contributed by atoms with Crippen LogP contribution in [0.3, 0.4) is 0 Å². The molecule has 2 aliphatic rings. The summed E-state index contributed by atoms with van der Waals surface area (Å²) in [5.41, 5.74) is 2.80. The van der Waals surface area contributed by atoms with Crippen molar-refractivity contribution in [3.63, 3.8) is 0 Å². The Morgan fingerprint density at radius 1 is 1.22 bits per heavy atom. The molecule has 2 aromatic rings. The maximum atomic E-state index is 12.3. The SMILES string of the molecule is COc1cc2c(cc1/C=C1/C(=O)Nc3cc(Cl)ccc31)OCO2. The van der Waals surface area contributed by atoms with Gasteiger partial charge in [-0.2, -0.15) is 0 Å². The molecular formula is C17H12ClNO4. The predicted octanol–water partition coefficient (Wildman–Crippen LogP) is 3.57. The lowest BCUT2D eigenvalue weighted by atomic mass is 10.0. The summed E-state index contributed by atoms with van der Waals surface area (Å²) in [5, 5.41) is 3.38. The zero-order valence-electron chi connectivity index (χ0n) is 12.2. The minimum atomic E-state index is -0.179. The van der Waals surface area contributed by atoms with Crippen LogP contribution in [0, 0.1) is 0 Å². The van der Waals surface area contributed by atoms with E-state index < -0.39 is 0 Å². The molecule has 1 amide bonds. The highest BCUT2D eigenvalue weighted by molar-refractivity contribution is 6.36. The summed E-state index contributed by atoms with van der Waals surface area (Å²) in [5.74, 6) is 1.69. The normalized spacial score (nSPS) is 16.4. The van der Waals surface area contributed by atoms with Crippen LogP contribution < -0.4 is 19.5 Å². The van der Waals surface area contributed by atoms with Crippen molar-refractivity contribution in [1.82, 2.24) is 0 Å². The van der Waals surface area contributed by atoms with Gasteiger partial charge in [0.15, 0.2) is 11.5 Å². The minimum absolute atomic E-state index is 0.179. The van der Waals surface area contributed by atoms with Crippen LogP contribution in [0.4, 0.5) is 5.69 Å². The molecule has 0 fully saturated rings. The van der Waals surface area contributed by atoms with Crippen molar-refractivity contribution >= 4 is 34.8 Å². The second-order valence-electron chi connectivity index (χ2n) is 5.15. The smallest absolute Gasteiger partial charge is 0.256 e. The summed E-state index contributed by atoms with van der Waals surface area (Å²) in [6.07, 6.45) is 1.77. The topological polar surface area (TPSA) is 56.8 Å². The fourth-order valence-electron chi connectivity index (χ4n) is 2.69. The highest BCUT2D eigenvalue weighted by atomic mass is 35.5. The number of nitrogens with one attached hydrogen (secondary N) is 1. The first kappa shape index (κ1) is 14.0. The van der Waals surface area contributed by atoms with Crippen molar-refractivity contribution in [3.05, 3.63) is 46.5 Å². The molecule has 2 aromatic carbocycles. The molecule has 0 aromatic heterocycles. The molecular weight excluding hydrogens is 318 g/mol. The van der Waals surface area contributed by atoms with E-state index in [4.69, 9.17) is 25.8 Å². The van der Waals surface area contributed by atoms with Crippen molar-refractivity contribution in [2.75, 3.05) is 19.2 Å². The lowest BCUT2D eigenvalue weighted by molar-refractivity contribution is -0.110. The van der Waals surface area contributed by atoms with Gasteiger partial charge in [-0.1, -0.05) is 17.7 Å². The third kappa shape index (κ3) is 2.29. The van der Waals surface area contributed by atoms with Gasteiger partial charge in [-0.25, -0.2) is 0 Å². The standard InChI is InChI=1S/C17H12ClNO4/c1-21-14-7-16-15(22-8-23-16)5-9(14)4-12-11-3-2-10(18)6-13(11)19-17(12)20/h2-7H,8H2,1H3,(H,19,20)/b12-4+. The van der Waals surface area contributed by atoms with Crippen LogP contribution in [0.5, 0.6) is 17.2 Å². The van der Waals surface area contributed by atoms with E-state index in [1.807, 2.05) is 6.07 Å². The monoisotopic (exact) mass is 329 g/mol. The summed E-state index contributed by atoms with van der Waals surface area (Å²) in [6.45, 7) is 0.181. The summed E-state index contributed by atoms with van der Waals surface area (Å²) in [4.78, 5) is 12.3. The Morgan fingerprint density at radius 2 is 2.00 bits per heavy atom. The largest absolute Gasteiger partial charge is 0.496 e. The zero-order chi connectivity index (χ0) is 16.0. The van der Waals surface area contributed by atoms with Gasteiger partial charge in [0.25, 0.3) is 5.91 Å². The van der Waals surface area contributed by atoms with E-state index in [1.165, 1.54) is 0 Å². The van der Waals surface area contributed by atoms with E-state index in [2.05, 4.69) is 5.32 Å². The maximum Gasteiger partial charge on any atom is 0.256 e. The first-order valence-electron chi connectivity index (χ1n) is 6.96. The Bertz CT molecular complexity index is 860. The number of carbonyl (C=O) groups excluding carboxylic acids is 1. The molecule has 0 spiro atoms. The van der Waals surface area contributed by atoms with Crippen LogP contribution in [0.25, 0.3) is 11.6 Å². The number of rotatable bonds is 2. The van der Waals surface area contributed by atoms with Crippen LogP contribution >= 0.6 is 11.6 Å². The van der Waals surface area contributed by atoms with Crippen LogP contribution in [-0.4, -0.2) is 19.8 Å². The van der Waals surface area contributed by atoms with E-state index in [9.17, 15) is 4.79 Å². The number of halogens is 1. The van der Waals surface area contributed by atoms with Gasteiger partial charge in [0.1, 0.15) is 5.75 Å². The molecule has 0 radical (unpaired) electrons. The van der Waals surface area contributed by atoms with Crippen LogP contribution in [0.15, 0.2) is 30.3 Å². The molecule has 4 rings (SSSR count). The molecule has 1 N–H and O–H groups in total. The second kappa shape index (κ2) is 5.21. The third-order valence-electron chi connectivity index (χ3n) is 3.79. The van der Waals surface area contributed by atoms with Crippen molar-refractivity contribution < 1.29 is 19.0 Å². The fraction of sp³-hybridized carbons (Fsp3) is 0.118. The average Bonchev–Trinajstić information content (AvgIpc) is 3.10. The Labute approximate surface area is 137 Å². The molecule has 23 heavy (non-hydrogen) atoms. The summed E-state index contributed by atoms with van der Waals surface area (Å²) >= 11 is 5.97. The Morgan fingerprint density at radius 3 is 2.78 bits per heavy atom. The molecule has 0 unspecified atom stereocenters. The number of amides is 1. The second-order valence-corrected chi connectivity index (χ2v) is 5.59. The maximum absolute atomic E-state index is 12.3. The molecule has 2 aliphatic heterocycles. The van der Waals surface area contributed by atoms with Crippen LogP contribution in [0.2, 0.25) is 5.02 Å². The summed E-state index contributed by atoms with van der Waals surface area (Å²) < 4.78 is 16.1. The molecule has 6 heteroatoms. The van der Waals surface area contributed by atoms with Crippen molar-refractivity contribution in [2.24, 2.45) is 0 Å². The number of hydrogen-bond acceptors (Lipinski definition) is 4. The molecule has 2 heterocycles. The molecule has 5 nitrogen and oxygen atoms in total. The number of anilines is 1. The number of carbonyl (C=O) groups is 1. The van der Waals surface area contributed by atoms with Crippen LogP contribution in [0.1, 0.15) is 11.1 Å². The lowest BCUT2D eigenvalue weighted by Crippen LogP contribution is -2.03. The van der Waals surface area contributed by atoms with Gasteiger partial charge in [-0.05, 0) is 24.3 Å². The van der Waals surface area contributed by atoms with Gasteiger partial charge in [0, 0.05) is 27.8 Å². The van der Waals surface area contributed by atoms with Gasteiger partial charge in [-0.3, -0.25) is 4.79 Å². The van der Waals surface area contributed by atoms with E-state index in [-0.39, 0.29) is 12.7 Å². The average molecular weight is 330 g/mol. The molecule has 0 saturated carbocycles. The number of ether oxygens (including phenoxy) is 3. The molecule has 0 aliphatic carbocycles. The highest BCUT2D eigenvalue weighted by Gasteiger charge is 2.25. The van der Waals surface area contributed by atoms with Gasteiger partial charge in [0.2, 0.25) is 6.79 Å². The quantitative estimate of drug-likeness (QED) is 0.856. The van der Waals surface area contributed by atoms with E-state index in [0.717, 1.165) is 11.1 Å². The number of fused-ring (bicyclic) bond motifs is 2. The summed E-state index contributed by atoms with van der Waals surface area (Å²) in [7, 11) is 1.57. The van der Waals surface area contributed by atoms with Gasteiger partial charge in [-0.15, -0.1) is 0 Å². The van der Waals surface area contributed by atoms with Gasteiger partial charge >= 0.3 is 0 Å². The van der Waals surface area contributed by atoms with Crippen LogP contribution in [-0.2, 0) is 4.79 Å². The van der Waals surface area contributed by atoms with E-state index in [1.54, 1.807) is 37.5 Å². The predicted molar refractivity (Wildman–Crippen MR) is 87.1 cm³/mol. The number of methoxy groups -OCH3 is 1. The van der Waals surface area contributed by atoms with Crippen molar-refractivity contribution in [2.45, 2.75) is 0 Å². The van der Waals surface area contributed by atoms with Gasteiger partial charge < -0.3 is 19.5 Å². The Balaban J connectivity index is 1.84. The van der Waals surface area contributed by atoms with Gasteiger partial charge in [0.05, 0.1) is 12.8 Å². The Kier molecular flexibility index (Phi) is 3.16. The number of hydrogen-bond donors (Lipinski definition) is 1. The molecule has 116 valence electrons. The number of benzene rings is 2. The molecule has 0 atom stereocenters. The highest BCUT2D eigenvalue weighted by Crippen LogP contribution is 2.41. The first-order chi connectivity index (χ1) is 11.2. The summed E-state index contributed by atoms with van der Waals surface area (Å²) in [6, 6.07) is 8.86. The fourth-order valence-corrected chi connectivity index (χ4v) is 2.87. The molecule has 0 bridgehead atoms. The van der Waals surface area contributed by atoms with E-state index in [0.29, 0.717) is 33.5 Å². The zero-order valence-corrected chi connectivity index (χ0v) is 12.9. The van der Waals surface area contributed by atoms with E-state index >= 15 is 0 Å². The van der Waals surface area contributed by atoms with Crippen molar-refractivity contribution in [1.29, 1.82) is 0 Å². The van der Waals surface area contributed by atoms with Crippen molar-refractivity contribution in [3.8, 4) is 17.2 Å².